The van der Waals surface area contributed by atoms with Crippen molar-refractivity contribution < 1.29 is 18.3 Å². The molecule has 4 nitrogen and oxygen atoms in total. The minimum atomic E-state index is -0.952. The predicted octanol–water partition coefficient (Wildman–Crippen LogP) is 3.28. The van der Waals surface area contributed by atoms with Gasteiger partial charge >= 0.3 is 0 Å². The fourth-order valence-corrected chi connectivity index (χ4v) is 3.03. The Labute approximate surface area is 133 Å². The number of rotatable bonds is 4. The normalized spacial score (nSPS) is 19.2. The zero-order valence-corrected chi connectivity index (χ0v) is 13.1. The van der Waals surface area contributed by atoms with Crippen molar-refractivity contribution >= 4 is 0 Å². The number of likely N-dealkylation sites (tertiary alicyclic amines) is 1. The summed E-state index contributed by atoms with van der Waals surface area (Å²) in [6.07, 6.45) is 3.15. The minimum absolute atomic E-state index is 0.0247. The molecule has 6 heteroatoms. The highest BCUT2D eigenvalue weighted by Gasteiger charge is 2.24. The van der Waals surface area contributed by atoms with E-state index in [4.69, 9.17) is 4.42 Å². The standard InChI is InChI=1S/C17H20F2N2O2/c1-11-15(9-21-8-3-2-5-12(21)10-22)20-17(23-11)13-6-4-7-14(18)16(13)19/h4,6-7,12,22H,2-3,5,8-10H2,1H3/t12-/m0/s1. The summed E-state index contributed by atoms with van der Waals surface area (Å²) in [5, 5.41) is 9.48. The molecule has 0 unspecified atom stereocenters. The lowest BCUT2D eigenvalue weighted by molar-refractivity contribution is 0.0828. The van der Waals surface area contributed by atoms with Gasteiger partial charge in [-0.1, -0.05) is 12.5 Å². The molecule has 0 saturated carbocycles. The summed E-state index contributed by atoms with van der Waals surface area (Å²) in [4.78, 5) is 6.51. The summed E-state index contributed by atoms with van der Waals surface area (Å²) in [5.74, 6) is -1.19. The molecule has 1 aliphatic rings. The molecule has 23 heavy (non-hydrogen) atoms. The third kappa shape index (κ3) is 3.28. The van der Waals surface area contributed by atoms with Gasteiger partial charge < -0.3 is 9.52 Å². The molecule has 0 spiro atoms. The maximum Gasteiger partial charge on any atom is 0.229 e. The molecular weight excluding hydrogens is 302 g/mol. The maximum absolute atomic E-state index is 13.9. The highest BCUT2D eigenvalue weighted by atomic mass is 19.2. The van der Waals surface area contributed by atoms with E-state index in [0.717, 1.165) is 31.9 Å². The van der Waals surface area contributed by atoms with Crippen LogP contribution in [0.2, 0.25) is 0 Å². The average Bonchev–Trinajstić information content (AvgIpc) is 2.91. The molecule has 1 fully saturated rings. The van der Waals surface area contributed by atoms with Gasteiger partial charge in [-0.25, -0.2) is 13.8 Å². The first-order valence-electron chi connectivity index (χ1n) is 7.85. The van der Waals surface area contributed by atoms with Crippen molar-refractivity contribution in [1.29, 1.82) is 0 Å². The van der Waals surface area contributed by atoms with Crippen LogP contribution in [-0.2, 0) is 6.54 Å². The smallest absolute Gasteiger partial charge is 0.229 e. The number of aliphatic hydroxyl groups excluding tert-OH is 1. The monoisotopic (exact) mass is 322 g/mol. The first-order valence-corrected chi connectivity index (χ1v) is 7.85. The number of halogens is 2. The van der Waals surface area contributed by atoms with Crippen LogP contribution in [-0.4, -0.2) is 34.2 Å². The molecule has 0 bridgehead atoms. The van der Waals surface area contributed by atoms with Crippen molar-refractivity contribution in [2.45, 2.75) is 38.8 Å². The Bertz CT molecular complexity index is 687. The highest BCUT2D eigenvalue weighted by molar-refractivity contribution is 5.54. The van der Waals surface area contributed by atoms with Gasteiger partial charge in [0.2, 0.25) is 5.89 Å². The van der Waals surface area contributed by atoms with Crippen molar-refractivity contribution in [3.8, 4) is 11.5 Å². The van der Waals surface area contributed by atoms with Gasteiger partial charge in [-0.2, -0.15) is 0 Å². The van der Waals surface area contributed by atoms with Crippen molar-refractivity contribution in [1.82, 2.24) is 9.88 Å². The summed E-state index contributed by atoms with van der Waals surface area (Å²) in [6, 6.07) is 4.06. The van der Waals surface area contributed by atoms with Crippen LogP contribution in [0, 0.1) is 18.6 Å². The molecule has 1 aromatic heterocycles. The van der Waals surface area contributed by atoms with Gasteiger partial charge in [0.25, 0.3) is 0 Å². The third-order valence-electron chi connectivity index (χ3n) is 4.39. The van der Waals surface area contributed by atoms with Gasteiger partial charge in [0, 0.05) is 12.6 Å². The zero-order chi connectivity index (χ0) is 16.4. The number of aliphatic hydroxyl groups is 1. The number of piperidine rings is 1. The van der Waals surface area contributed by atoms with E-state index in [-0.39, 0.29) is 24.1 Å². The highest BCUT2D eigenvalue weighted by Crippen LogP contribution is 2.27. The second kappa shape index (κ2) is 6.76. The molecule has 3 rings (SSSR count). The first-order chi connectivity index (χ1) is 11.1. The van der Waals surface area contributed by atoms with Gasteiger partial charge in [0.05, 0.1) is 17.9 Å². The largest absolute Gasteiger partial charge is 0.441 e. The molecule has 1 atom stereocenters. The lowest BCUT2D eigenvalue weighted by atomic mass is 10.0. The number of benzene rings is 1. The summed E-state index contributed by atoms with van der Waals surface area (Å²) in [7, 11) is 0. The second-order valence-electron chi connectivity index (χ2n) is 5.93. The SMILES string of the molecule is Cc1oc(-c2cccc(F)c2F)nc1CN1CCCC[C@H]1CO. The van der Waals surface area contributed by atoms with Crippen LogP contribution in [0.25, 0.3) is 11.5 Å². The van der Waals surface area contributed by atoms with Crippen LogP contribution >= 0.6 is 0 Å². The number of nitrogens with zero attached hydrogens (tertiary/aromatic N) is 2. The lowest BCUT2D eigenvalue weighted by Gasteiger charge is -2.33. The summed E-state index contributed by atoms with van der Waals surface area (Å²) < 4.78 is 32.8. The van der Waals surface area contributed by atoms with Gasteiger partial charge in [-0.15, -0.1) is 0 Å². The lowest BCUT2D eigenvalue weighted by Crippen LogP contribution is -2.41. The van der Waals surface area contributed by atoms with E-state index >= 15 is 0 Å². The summed E-state index contributed by atoms with van der Waals surface area (Å²) in [6.45, 7) is 3.31. The van der Waals surface area contributed by atoms with E-state index in [1.54, 1.807) is 6.92 Å². The van der Waals surface area contributed by atoms with Crippen LogP contribution < -0.4 is 0 Å². The summed E-state index contributed by atoms with van der Waals surface area (Å²) in [5.41, 5.74) is 0.723. The molecule has 1 N–H and O–H groups in total. The average molecular weight is 322 g/mol. The Hall–Kier alpha value is -1.79. The molecule has 2 aromatic rings. The van der Waals surface area contributed by atoms with Crippen molar-refractivity contribution in [3.63, 3.8) is 0 Å². The van der Waals surface area contributed by atoms with Gasteiger partial charge in [0.1, 0.15) is 5.76 Å². The third-order valence-corrected chi connectivity index (χ3v) is 4.39. The Morgan fingerprint density at radius 2 is 2.17 bits per heavy atom. The molecule has 0 radical (unpaired) electrons. The van der Waals surface area contributed by atoms with Gasteiger partial charge in [-0.3, -0.25) is 4.90 Å². The first kappa shape index (κ1) is 16.1. The Balaban J connectivity index is 1.85. The molecule has 124 valence electrons. The van der Waals surface area contributed by atoms with Crippen LogP contribution in [0.15, 0.2) is 22.6 Å². The van der Waals surface area contributed by atoms with E-state index < -0.39 is 11.6 Å². The topological polar surface area (TPSA) is 49.5 Å². The number of aryl methyl sites for hydroxylation is 1. The fourth-order valence-electron chi connectivity index (χ4n) is 3.03. The summed E-state index contributed by atoms with van der Waals surface area (Å²) >= 11 is 0. The van der Waals surface area contributed by atoms with Crippen LogP contribution in [0.4, 0.5) is 8.78 Å². The molecule has 1 aromatic carbocycles. The Kier molecular flexibility index (Phi) is 4.73. The number of hydrogen-bond donors (Lipinski definition) is 1. The second-order valence-corrected chi connectivity index (χ2v) is 5.93. The van der Waals surface area contributed by atoms with E-state index in [2.05, 4.69) is 9.88 Å². The Morgan fingerprint density at radius 3 is 2.96 bits per heavy atom. The minimum Gasteiger partial charge on any atom is -0.441 e. The molecule has 2 heterocycles. The van der Waals surface area contributed by atoms with Crippen molar-refractivity contribution in [3.05, 3.63) is 41.3 Å². The quantitative estimate of drug-likeness (QED) is 0.938. The number of oxazole rings is 1. The number of aromatic nitrogens is 1. The van der Waals surface area contributed by atoms with Crippen LogP contribution in [0.1, 0.15) is 30.7 Å². The molecular formula is C17H20F2N2O2. The van der Waals surface area contributed by atoms with E-state index in [9.17, 15) is 13.9 Å². The van der Waals surface area contributed by atoms with E-state index in [1.807, 2.05) is 0 Å². The van der Waals surface area contributed by atoms with E-state index in [0.29, 0.717) is 18.0 Å². The molecule has 0 aliphatic carbocycles. The van der Waals surface area contributed by atoms with Crippen molar-refractivity contribution in [2.24, 2.45) is 0 Å². The molecule has 1 aliphatic heterocycles. The predicted molar refractivity (Wildman–Crippen MR) is 81.7 cm³/mol. The van der Waals surface area contributed by atoms with E-state index in [1.165, 1.54) is 12.1 Å². The Morgan fingerprint density at radius 1 is 1.35 bits per heavy atom. The maximum atomic E-state index is 13.9. The van der Waals surface area contributed by atoms with Crippen LogP contribution in [0.5, 0.6) is 0 Å². The molecule has 1 saturated heterocycles. The van der Waals surface area contributed by atoms with Crippen molar-refractivity contribution in [2.75, 3.05) is 13.2 Å². The fraction of sp³-hybridized carbons (Fsp3) is 0.471. The van der Waals surface area contributed by atoms with Crippen LogP contribution in [0.3, 0.4) is 0 Å². The van der Waals surface area contributed by atoms with Gasteiger partial charge in [0.15, 0.2) is 11.6 Å². The molecule has 0 amide bonds. The number of hydrogen-bond acceptors (Lipinski definition) is 4. The van der Waals surface area contributed by atoms with Gasteiger partial charge in [-0.05, 0) is 38.4 Å². The zero-order valence-electron chi connectivity index (χ0n) is 13.1.